The highest BCUT2D eigenvalue weighted by molar-refractivity contribution is 7.12. The first kappa shape index (κ1) is 13.8. The van der Waals surface area contributed by atoms with Gasteiger partial charge in [0, 0.05) is 35.9 Å². The Morgan fingerprint density at radius 1 is 1.33 bits per heavy atom. The van der Waals surface area contributed by atoms with Crippen molar-refractivity contribution >= 4 is 11.3 Å². The zero-order valence-electron chi connectivity index (χ0n) is 10.3. The van der Waals surface area contributed by atoms with E-state index in [1.807, 2.05) is 24.0 Å². The van der Waals surface area contributed by atoms with E-state index >= 15 is 0 Å². The number of nitrogens with zero attached hydrogens (tertiary/aromatic N) is 1. The number of hydrogen-bond donors (Lipinski definition) is 1. The van der Waals surface area contributed by atoms with Crippen LogP contribution < -0.4 is 5.32 Å². The van der Waals surface area contributed by atoms with Crippen molar-refractivity contribution in [2.45, 2.75) is 25.6 Å². The molecule has 1 aliphatic rings. The van der Waals surface area contributed by atoms with Gasteiger partial charge in [0.1, 0.15) is 0 Å². The summed E-state index contributed by atoms with van der Waals surface area (Å²) in [6.45, 7) is 4.81. The van der Waals surface area contributed by atoms with Crippen molar-refractivity contribution in [3.63, 3.8) is 0 Å². The second kappa shape index (κ2) is 5.59. The highest BCUT2D eigenvalue weighted by atomic mass is 32.1. The Bertz CT molecular complexity index is 383. The van der Waals surface area contributed by atoms with E-state index in [9.17, 15) is 13.2 Å². The lowest BCUT2D eigenvalue weighted by molar-refractivity contribution is -0.148. The molecule has 0 aromatic carbocycles. The Morgan fingerprint density at radius 2 is 2.00 bits per heavy atom. The highest BCUT2D eigenvalue weighted by Gasteiger charge is 2.36. The van der Waals surface area contributed by atoms with Crippen LogP contribution in [-0.4, -0.2) is 37.3 Å². The third kappa shape index (κ3) is 3.70. The van der Waals surface area contributed by atoms with E-state index in [2.05, 4.69) is 5.32 Å². The first-order valence-electron chi connectivity index (χ1n) is 6.03. The number of rotatable bonds is 3. The molecule has 1 saturated heterocycles. The first-order chi connectivity index (χ1) is 8.46. The summed E-state index contributed by atoms with van der Waals surface area (Å²) in [5.41, 5.74) is 0. The molecule has 6 heteroatoms. The Balaban J connectivity index is 2.16. The Hall–Kier alpha value is -0.590. The van der Waals surface area contributed by atoms with Crippen LogP contribution in [0.5, 0.6) is 0 Å². The average Bonchev–Trinajstić information content (AvgIpc) is 2.73. The van der Waals surface area contributed by atoms with Gasteiger partial charge in [0.15, 0.2) is 0 Å². The van der Waals surface area contributed by atoms with Gasteiger partial charge >= 0.3 is 6.18 Å². The highest BCUT2D eigenvalue weighted by Crippen LogP contribution is 2.36. The summed E-state index contributed by atoms with van der Waals surface area (Å²) in [6.07, 6.45) is -4.87. The van der Waals surface area contributed by atoms with E-state index in [1.165, 1.54) is 11.3 Å². The Morgan fingerprint density at radius 3 is 2.50 bits per heavy atom. The molecule has 0 saturated carbocycles. The molecule has 1 N–H and O–H groups in total. The normalized spacial score (nSPS) is 20.0. The number of piperazine rings is 1. The largest absolute Gasteiger partial charge is 0.390 e. The molecule has 1 atom stereocenters. The van der Waals surface area contributed by atoms with Crippen LogP contribution in [0.25, 0.3) is 0 Å². The second-order valence-corrected chi connectivity index (χ2v) is 5.89. The number of nitrogens with one attached hydrogen (secondary N) is 1. The quantitative estimate of drug-likeness (QED) is 0.914. The van der Waals surface area contributed by atoms with Gasteiger partial charge in [-0.1, -0.05) is 0 Å². The number of halogens is 3. The average molecular weight is 278 g/mol. The van der Waals surface area contributed by atoms with Gasteiger partial charge in [0.2, 0.25) is 0 Å². The van der Waals surface area contributed by atoms with E-state index < -0.39 is 18.6 Å². The minimum Gasteiger partial charge on any atom is -0.314 e. The van der Waals surface area contributed by atoms with Crippen LogP contribution >= 0.6 is 11.3 Å². The molecular weight excluding hydrogens is 261 g/mol. The maximum atomic E-state index is 12.7. The molecule has 0 radical (unpaired) electrons. The number of aryl methyl sites for hydroxylation is 1. The summed E-state index contributed by atoms with van der Waals surface area (Å²) in [5, 5.41) is 3.17. The molecule has 0 amide bonds. The van der Waals surface area contributed by atoms with Crippen molar-refractivity contribution in [2.75, 3.05) is 26.2 Å². The number of alkyl halides is 3. The summed E-state index contributed by atoms with van der Waals surface area (Å²) in [6, 6.07) is 3.20. The van der Waals surface area contributed by atoms with Crippen LogP contribution in [0.15, 0.2) is 12.1 Å². The van der Waals surface area contributed by atoms with Gasteiger partial charge in [-0.15, -0.1) is 11.3 Å². The fourth-order valence-electron chi connectivity index (χ4n) is 2.26. The van der Waals surface area contributed by atoms with E-state index in [4.69, 9.17) is 0 Å². The van der Waals surface area contributed by atoms with E-state index in [1.54, 1.807) is 0 Å². The van der Waals surface area contributed by atoms with Crippen molar-refractivity contribution in [1.82, 2.24) is 10.2 Å². The summed E-state index contributed by atoms with van der Waals surface area (Å²) in [7, 11) is 0. The summed E-state index contributed by atoms with van der Waals surface area (Å²) >= 11 is 1.47. The molecule has 1 aliphatic heterocycles. The predicted octanol–water partition coefficient (Wildman–Crippen LogP) is 2.96. The third-order valence-corrected chi connectivity index (χ3v) is 4.21. The van der Waals surface area contributed by atoms with Gasteiger partial charge in [-0.05, 0) is 19.1 Å². The topological polar surface area (TPSA) is 15.3 Å². The molecule has 0 unspecified atom stereocenters. The number of hydrogen-bond acceptors (Lipinski definition) is 3. The van der Waals surface area contributed by atoms with Gasteiger partial charge in [-0.3, -0.25) is 4.90 Å². The predicted molar refractivity (Wildman–Crippen MR) is 66.9 cm³/mol. The molecule has 2 rings (SSSR count). The van der Waals surface area contributed by atoms with Crippen molar-refractivity contribution in [3.8, 4) is 0 Å². The monoisotopic (exact) mass is 278 g/mol. The molecule has 1 fully saturated rings. The number of thiophene rings is 1. The van der Waals surface area contributed by atoms with E-state index in [0.29, 0.717) is 13.1 Å². The van der Waals surface area contributed by atoms with Crippen LogP contribution in [0, 0.1) is 6.92 Å². The third-order valence-electron chi connectivity index (χ3n) is 3.11. The minimum absolute atomic E-state index is 0.522. The SMILES string of the molecule is Cc1ccc([C@@H](CC(F)(F)F)N2CCNCC2)s1. The zero-order chi connectivity index (χ0) is 13.2. The van der Waals surface area contributed by atoms with Crippen LogP contribution in [0.4, 0.5) is 13.2 Å². The molecule has 1 aromatic rings. The van der Waals surface area contributed by atoms with Gasteiger partial charge in [0.25, 0.3) is 0 Å². The van der Waals surface area contributed by atoms with Crippen molar-refractivity contribution in [1.29, 1.82) is 0 Å². The Labute approximate surface area is 109 Å². The fraction of sp³-hybridized carbons (Fsp3) is 0.667. The van der Waals surface area contributed by atoms with E-state index in [-0.39, 0.29) is 0 Å². The summed E-state index contributed by atoms with van der Waals surface area (Å²) in [4.78, 5) is 3.83. The van der Waals surface area contributed by atoms with Crippen LogP contribution in [0.1, 0.15) is 22.2 Å². The van der Waals surface area contributed by atoms with Crippen molar-refractivity contribution < 1.29 is 13.2 Å². The second-order valence-electron chi connectivity index (χ2n) is 4.57. The molecule has 2 heterocycles. The van der Waals surface area contributed by atoms with Crippen LogP contribution in [-0.2, 0) is 0 Å². The van der Waals surface area contributed by atoms with Crippen molar-refractivity contribution in [3.05, 3.63) is 21.9 Å². The smallest absolute Gasteiger partial charge is 0.314 e. The molecule has 0 spiro atoms. The summed E-state index contributed by atoms with van der Waals surface area (Å²) in [5.74, 6) is 0. The molecular formula is C12H17F3N2S. The van der Waals surface area contributed by atoms with E-state index in [0.717, 1.165) is 22.8 Å². The molecule has 1 aromatic heterocycles. The fourth-order valence-corrected chi connectivity index (χ4v) is 3.27. The molecule has 0 bridgehead atoms. The van der Waals surface area contributed by atoms with Crippen LogP contribution in [0.3, 0.4) is 0 Å². The maximum Gasteiger partial charge on any atom is 0.390 e. The maximum absolute atomic E-state index is 12.7. The standard InChI is InChI=1S/C12H17F3N2S/c1-9-2-3-11(18-9)10(8-12(13,14)15)17-6-4-16-5-7-17/h2-3,10,16H,4-8H2,1H3/t10-/m1/s1. The summed E-state index contributed by atoms with van der Waals surface area (Å²) < 4.78 is 38.1. The van der Waals surface area contributed by atoms with Gasteiger partial charge in [0.05, 0.1) is 12.5 Å². The Kier molecular flexibility index (Phi) is 4.29. The van der Waals surface area contributed by atoms with Crippen molar-refractivity contribution in [2.24, 2.45) is 0 Å². The molecule has 0 aliphatic carbocycles. The van der Waals surface area contributed by atoms with Crippen LogP contribution in [0.2, 0.25) is 0 Å². The van der Waals surface area contributed by atoms with Gasteiger partial charge in [-0.25, -0.2) is 0 Å². The molecule has 18 heavy (non-hydrogen) atoms. The molecule has 2 nitrogen and oxygen atoms in total. The lowest BCUT2D eigenvalue weighted by Crippen LogP contribution is -2.45. The first-order valence-corrected chi connectivity index (χ1v) is 6.85. The van der Waals surface area contributed by atoms with Gasteiger partial charge < -0.3 is 5.32 Å². The zero-order valence-corrected chi connectivity index (χ0v) is 11.1. The lowest BCUT2D eigenvalue weighted by Gasteiger charge is -2.34. The minimum atomic E-state index is -4.12. The molecule has 102 valence electrons. The van der Waals surface area contributed by atoms with Gasteiger partial charge in [-0.2, -0.15) is 13.2 Å². The lowest BCUT2D eigenvalue weighted by atomic mass is 10.1.